The van der Waals surface area contributed by atoms with Gasteiger partial charge in [-0.05, 0) is 33.6 Å². The first-order chi connectivity index (χ1) is 9.81. The lowest BCUT2D eigenvalue weighted by Gasteiger charge is -2.30. The molecule has 3 fully saturated rings. The number of ether oxygens (including phenoxy) is 3. The van der Waals surface area contributed by atoms with Crippen molar-refractivity contribution in [3.63, 3.8) is 0 Å². The van der Waals surface area contributed by atoms with Gasteiger partial charge in [-0.15, -0.1) is 0 Å². The van der Waals surface area contributed by atoms with Crippen LogP contribution in [0.2, 0.25) is 0 Å². The van der Waals surface area contributed by atoms with Crippen LogP contribution in [-0.4, -0.2) is 54.5 Å². The molecule has 0 aromatic heterocycles. The number of likely N-dealkylation sites (tertiary alicyclic amines) is 1. The molecule has 0 radical (unpaired) electrons. The molecule has 3 rings (SSSR count). The van der Waals surface area contributed by atoms with Crippen molar-refractivity contribution in [2.45, 2.75) is 57.5 Å². The Morgan fingerprint density at radius 1 is 1.19 bits per heavy atom. The number of nitrogens with zero attached hydrogens (tertiary/aromatic N) is 1. The maximum Gasteiger partial charge on any atom is 0.411 e. The molecule has 3 aliphatic heterocycles. The minimum atomic E-state index is -0.579. The Labute approximate surface area is 124 Å². The number of esters is 1. The highest BCUT2D eigenvalue weighted by atomic mass is 16.6. The summed E-state index contributed by atoms with van der Waals surface area (Å²) >= 11 is 0. The molecule has 3 heterocycles. The highest BCUT2D eigenvalue weighted by Crippen LogP contribution is 2.50. The third kappa shape index (κ3) is 2.39. The van der Waals surface area contributed by atoms with Gasteiger partial charge in [0.15, 0.2) is 0 Å². The van der Waals surface area contributed by atoms with Crippen LogP contribution in [0.5, 0.6) is 0 Å². The van der Waals surface area contributed by atoms with Crippen molar-refractivity contribution in [2.75, 3.05) is 13.7 Å². The number of methoxy groups -OCH3 is 1. The lowest BCUT2D eigenvalue weighted by molar-refractivity contribution is -0.148. The summed E-state index contributed by atoms with van der Waals surface area (Å²) in [6, 6.07) is -0.579. The van der Waals surface area contributed by atoms with Crippen LogP contribution in [0.25, 0.3) is 0 Å². The highest BCUT2D eigenvalue weighted by molar-refractivity contribution is 5.83. The second-order valence-electron chi connectivity index (χ2n) is 7.13. The van der Waals surface area contributed by atoms with Gasteiger partial charge in [-0.2, -0.15) is 0 Å². The summed E-state index contributed by atoms with van der Waals surface area (Å²) in [6.45, 7) is 5.98. The fourth-order valence-electron chi connectivity index (χ4n) is 3.95. The van der Waals surface area contributed by atoms with E-state index in [-0.39, 0.29) is 30.0 Å². The lowest BCUT2D eigenvalue weighted by Crippen LogP contribution is -2.47. The zero-order valence-corrected chi connectivity index (χ0v) is 13.0. The number of hydrogen-bond acceptors (Lipinski definition) is 5. The largest absolute Gasteiger partial charge is 0.467 e. The average Bonchev–Trinajstić information content (AvgIpc) is 3.06. The number of rotatable bonds is 1. The molecule has 0 saturated carbocycles. The van der Waals surface area contributed by atoms with E-state index in [0.29, 0.717) is 6.54 Å². The minimum absolute atomic E-state index is 0.0451. The van der Waals surface area contributed by atoms with Crippen LogP contribution in [0.4, 0.5) is 4.79 Å². The summed E-state index contributed by atoms with van der Waals surface area (Å²) in [5.41, 5.74) is -0.578. The quantitative estimate of drug-likeness (QED) is 0.687. The number of amides is 1. The fraction of sp³-hybridized carbons (Fsp3) is 0.867. The Bertz CT molecular complexity index is 457. The minimum Gasteiger partial charge on any atom is -0.467 e. The van der Waals surface area contributed by atoms with Crippen LogP contribution in [0, 0.1) is 11.8 Å². The molecule has 118 valence electrons. The van der Waals surface area contributed by atoms with Crippen LogP contribution in [0.1, 0.15) is 33.6 Å². The lowest BCUT2D eigenvalue weighted by atomic mass is 9.78. The predicted molar refractivity (Wildman–Crippen MR) is 73.6 cm³/mol. The van der Waals surface area contributed by atoms with E-state index in [0.717, 1.165) is 12.8 Å². The second-order valence-corrected chi connectivity index (χ2v) is 7.13. The maximum absolute atomic E-state index is 12.4. The number of fused-ring (bicyclic) bond motifs is 5. The summed E-state index contributed by atoms with van der Waals surface area (Å²) in [5.74, 6) is -0.103. The SMILES string of the molecule is COC(=O)[C@H]1[C@H]2[C@@H](CN1C(=O)OC(C)(C)C)[C@H]1CC[C@@H]2O1. The summed E-state index contributed by atoms with van der Waals surface area (Å²) < 4.78 is 16.3. The second kappa shape index (κ2) is 4.87. The van der Waals surface area contributed by atoms with Crippen molar-refractivity contribution in [3.8, 4) is 0 Å². The Kier molecular flexibility index (Phi) is 3.39. The zero-order valence-electron chi connectivity index (χ0n) is 13.0. The van der Waals surface area contributed by atoms with Crippen molar-refractivity contribution >= 4 is 12.1 Å². The third-order valence-electron chi connectivity index (χ3n) is 4.67. The molecule has 0 spiro atoms. The van der Waals surface area contributed by atoms with Crippen molar-refractivity contribution < 1.29 is 23.8 Å². The van der Waals surface area contributed by atoms with E-state index in [1.54, 1.807) is 4.90 Å². The van der Waals surface area contributed by atoms with Gasteiger partial charge in [-0.3, -0.25) is 4.90 Å². The van der Waals surface area contributed by atoms with E-state index in [1.165, 1.54) is 7.11 Å². The van der Waals surface area contributed by atoms with Crippen LogP contribution in [0.15, 0.2) is 0 Å². The van der Waals surface area contributed by atoms with Gasteiger partial charge in [0, 0.05) is 18.4 Å². The summed E-state index contributed by atoms with van der Waals surface area (Å²) in [5, 5.41) is 0. The molecule has 0 unspecified atom stereocenters. The Morgan fingerprint density at radius 2 is 1.86 bits per heavy atom. The maximum atomic E-state index is 12.4. The number of carbonyl (C=O) groups is 2. The topological polar surface area (TPSA) is 65.1 Å². The monoisotopic (exact) mass is 297 g/mol. The van der Waals surface area contributed by atoms with E-state index >= 15 is 0 Å². The van der Waals surface area contributed by atoms with Gasteiger partial charge in [-0.1, -0.05) is 0 Å². The first-order valence-electron chi connectivity index (χ1n) is 7.55. The fourth-order valence-corrected chi connectivity index (χ4v) is 3.95. The zero-order chi connectivity index (χ0) is 15.4. The van der Waals surface area contributed by atoms with Gasteiger partial charge >= 0.3 is 12.1 Å². The van der Waals surface area contributed by atoms with Crippen molar-refractivity contribution in [2.24, 2.45) is 11.8 Å². The van der Waals surface area contributed by atoms with Gasteiger partial charge in [0.25, 0.3) is 0 Å². The van der Waals surface area contributed by atoms with Crippen molar-refractivity contribution in [3.05, 3.63) is 0 Å². The van der Waals surface area contributed by atoms with Gasteiger partial charge < -0.3 is 14.2 Å². The smallest absolute Gasteiger partial charge is 0.411 e. The van der Waals surface area contributed by atoms with E-state index in [4.69, 9.17) is 14.2 Å². The normalized spacial score (nSPS) is 37.5. The summed E-state index contributed by atoms with van der Waals surface area (Å²) in [6.07, 6.45) is 1.77. The molecule has 3 saturated heterocycles. The van der Waals surface area contributed by atoms with Crippen molar-refractivity contribution in [1.82, 2.24) is 4.90 Å². The molecule has 21 heavy (non-hydrogen) atoms. The highest BCUT2D eigenvalue weighted by Gasteiger charge is 2.61. The average molecular weight is 297 g/mol. The first kappa shape index (κ1) is 14.6. The Morgan fingerprint density at radius 3 is 2.48 bits per heavy atom. The third-order valence-corrected chi connectivity index (χ3v) is 4.67. The summed E-state index contributed by atoms with van der Waals surface area (Å²) in [4.78, 5) is 26.1. The molecule has 0 N–H and O–H groups in total. The molecule has 2 bridgehead atoms. The van der Waals surface area contributed by atoms with E-state index in [2.05, 4.69) is 0 Å². The van der Waals surface area contributed by atoms with Crippen LogP contribution >= 0.6 is 0 Å². The molecule has 1 amide bonds. The van der Waals surface area contributed by atoms with Gasteiger partial charge in [0.05, 0.1) is 19.3 Å². The van der Waals surface area contributed by atoms with E-state index in [9.17, 15) is 9.59 Å². The first-order valence-corrected chi connectivity index (χ1v) is 7.55. The van der Waals surface area contributed by atoms with E-state index < -0.39 is 17.7 Å². The number of carbonyl (C=O) groups excluding carboxylic acids is 2. The van der Waals surface area contributed by atoms with Crippen molar-refractivity contribution in [1.29, 1.82) is 0 Å². The molecule has 5 atom stereocenters. The van der Waals surface area contributed by atoms with E-state index in [1.807, 2.05) is 20.8 Å². The molecule has 0 aromatic rings. The van der Waals surface area contributed by atoms with Crippen LogP contribution in [-0.2, 0) is 19.0 Å². The molecule has 0 aromatic carbocycles. The van der Waals surface area contributed by atoms with Gasteiger partial charge in [0.1, 0.15) is 11.6 Å². The predicted octanol–water partition coefficient (Wildman–Crippen LogP) is 1.57. The van der Waals surface area contributed by atoms with Gasteiger partial charge in [0.2, 0.25) is 0 Å². The molecular weight excluding hydrogens is 274 g/mol. The standard InChI is InChI=1S/C15H23NO5/c1-15(2,3)21-14(18)16-7-8-9-5-6-10(20-9)11(8)12(16)13(17)19-4/h8-12H,5-7H2,1-4H3/t8-,9+,10-,11-,12+/m0/s1. The number of hydrogen-bond donors (Lipinski definition) is 0. The Balaban J connectivity index is 1.83. The molecule has 3 aliphatic rings. The van der Waals surface area contributed by atoms with Crippen LogP contribution in [0.3, 0.4) is 0 Å². The molecule has 6 heteroatoms. The molecule has 6 nitrogen and oxygen atoms in total. The Hall–Kier alpha value is -1.30. The molecule has 0 aliphatic carbocycles. The van der Waals surface area contributed by atoms with Crippen LogP contribution < -0.4 is 0 Å². The summed E-state index contributed by atoms with van der Waals surface area (Å²) in [7, 11) is 1.36. The van der Waals surface area contributed by atoms with Gasteiger partial charge in [-0.25, -0.2) is 9.59 Å². The molecular formula is C15H23NO5.